The van der Waals surface area contributed by atoms with Crippen molar-refractivity contribution >= 4 is 11.0 Å². The molecule has 5 nitrogen and oxygen atoms in total. The maximum Gasteiger partial charge on any atom is 0.119 e. The van der Waals surface area contributed by atoms with Crippen LogP contribution in [-0.4, -0.2) is 27.4 Å². The largest absolute Gasteiger partial charge is 0.491 e. The van der Waals surface area contributed by atoms with Gasteiger partial charge in [0, 0.05) is 0 Å². The lowest BCUT2D eigenvalue weighted by Crippen LogP contribution is -2.24. The van der Waals surface area contributed by atoms with E-state index in [1.54, 1.807) is 24.3 Å². The zero-order valence-electron chi connectivity index (χ0n) is 12.8. The summed E-state index contributed by atoms with van der Waals surface area (Å²) in [6.45, 7) is 2.52. The third-order valence-electron chi connectivity index (χ3n) is 3.66. The van der Waals surface area contributed by atoms with E-state index in [9.17, 15) is 5.11 Å². The number of nitriles is 1. The van der Waals surface area contributed by atoms with Gasteiger partial charge < -0.3 is 14.4 Å². The van der Waals surface area contributed by atoms with Crippen LogP contribution in [0.3, 0.4) is 0 Å². The Bertz CT molecular complexity index is 847. The SMILES string of the molecule is Cc1nc2ccccc2n1C[C@@H](O)COc1ccc(C#N)cc1. The smallest absolute Gasteiger partial charge is 0.119 e. The number of rotatable bonds is 5. The molecule has 0 radical (unpaired) electrons. The molecule has 3 aromatic rings. The Morgan fingerprint density at radius 1 is 1.22 bits per heavy atom. The maximum atomic E-state index is 10.2. The first-order valence-corrected chi connectivity index (χ1v) is 7.40. The first kappa shape index (κ1) is 15.1. The molecule has 0 unspecified atom stereocenters. The third kappa shape index (κ3) is 3.33. The summed E-state index contributed by atoms with van der Waals surface area (Å²) in [5, 5.41) is 19.0. The molecule has 0 aliphatic heterocycles. The van der Waals surface area contributed by atoms with Gasteiger partial charge in [0.2, 0.25) is 0 Å². The third-order valence-corrected chi connectivity index (χ3v) is 3.66. The Balaban J connectivity index is 1.65. The van der Waals surface area contributed by atoms with E-state index < -0.39 is 6.10 Å². The van der Waals surface area contributed by atoms with Crippen molar-refractivity contribution in [3.8, 4) is 11.8 Å². The quantitative estimate of drug-likeness (QED) is 0.786. The lowest BCUT2D eigenvalue weighted by molar-refractivity contribution is 0.0929. The highest BCUT2D eigenvalue weighted by atomic mass is 16.5. The Morgan fingerprint density at radius 3 is 2.70 bits per heavy atom. The van der Waals surface area contributed by atoms with Crippen molar-refractivity contribution in [2.24, 2.45) is 0 Å². The number of hydrogen-bond acceptors (Lipinski definition) is 4. The van der Waals surface area contributed by atoms with Crippen molar-refractivity contribution < 1.29 is 9.84 Å². The molecular formula is C18H17N3O2. The van der Waals surface area contributed by atoms with Gasteiger partial charge in [0.15, 0.2) is 0 Å². The zero-order chi connectivity index (χ0) is 16.2. The number of para-hydroxylation sites is 2. The summed E-state index contributed by atoms with van der Waals surface area (Å²) in [5.74, 6) is 1.50. The number of aliphatic hydroxyl groups is 1. The number of nitrogens with zero attached hydrogens (tertiary/aromatic N) is 3. The van der Waals surface area contributed by atoms with Gasteiger partial charge in [-0.05, 0) is 43.3 Å². The molecule has 0 saturated carbocycles. The van der Waals surface area contributed by atoms with E-state index in [1.165, 1.54) is 0 Å². The van der Waals surface area contributed by atoms with Gasteiger partial charge in [-0.25, -0.2) is 4.98 Å². The van der Waals surface area contributed by atoms with Crippen LogP contribution in [0.4, 0.5) is 0 Å². The molecule has 23 heavy (non-hydrogen) atoms. The molecule has 1 N–H and O–H groups in total. The number of hydrogen-bond donors (Lipinski definition) is 1. The Labute approximate surface area is 134 Å². The molecule has 1 heterocycles. The van der Waals surface area contributed by atoms with E-state index in [-0.39, 0.29) is 6.61 Å². The van der Waals surface area contributed by atoms with E-state index in [0.29, 0.717) is 17.9 Å². The monoisotopic (exact) mass is 307 g/mol. The minimum atomic E-state index is -0.651. The number of benzene rings is 2. The van der Waals surface area contributed by atoms with E-state index in [1.807, 2.05) is 35.8 Å². The minimum Gasteiger partial charge on any atom is -0.491 e. The highest BCUT2D eigenvalue weighted by Gasteiger charge is 2.12. The fourth-order valence-corrected chi connectivity index (χ4v) is 2.51. The van der Waals surface area contributed by atoms with E-state index >= 15 is 0 Å². The van der Waals surface area contributed by atoms with Gasteiger partial charge in [0.05, 0.1) is 29.2 Å². The van der Waals surface area contributed by atoms with Crippen LogP contribution in [0.25, 0.3) is 11.0 Å². The second-order valence-corrected chi connectivity index (χ2v) is 5.36. The molecule has 0 aliphatic rings. The molecule has 0 saturated heterocycles. The minimum absolute atomic E-state index is 0.178. The standard InChI is InChI=1S/C18H17N3O2/c1-13-20-17-4-2-3-5-18(17)21(13)11-15(22)12-23-16-8-6-14(10-19)7-9-16/h2-9,15,22H,11-12H2,1H3/t15-/m1/s1. The Morgan fingerprint density at radius 2 is 1.96 bits per heavy atom. The average Bonchev–Trinajstić information content (AvgIpc) is 2.89. The van der Waals surface area contributed by atoms with Crippen LogP contribution in [0.5, 0.6) is 5.75 Å². The summed E-state index contributed by atoms with van der Waals surface area (Å²) in [6, 6.07) is 16.7. The molecule has 3 rings (SSSR count). The molecule has 5 heteroatoms. The highest BCUT2D eigenvalue weighted by Crippen LogP contribution is 2.16. The van der Waals surface area contributed by atoms with Crippen LogP contribution in [0.2, 0.25) is 0 Å². The van der Waals surface area contributed by atoms with Crippen LogP contribution < -0.4 is 4.74 Å². The predicted molar refractivity (Wildman–Crippen MR) is 87.1 cm³/mol. The van der Waals surface area contributed by atoms with Crippen molar-refractivity contribution in [2.75, 3.05) is 6.61 Å². The first-order valence-electron chi connectivity index (χ1n) is 7.40. The lowest BCUT2D eigenvalue weighted by atomic mass is 10.2. The molecule has 0 aliphatic carbocycles. The van der Waals surface area contributed by atoms with E-state index in [4.69, 9.17) is 10.00 Å². The van der Waals surface area contributed by atoms with Crippen molar-refractivity contribution in [3.05, 3.63) is 59.9 Å². The van der Waals surface area contributed by atoms with Gasteiger partial charge in [0.25, 0.3) is 0 Å². The van der Waals surface area contributed by atoms with Gasteiger partial charge in [-0.15, -0.1) is 0 Å². The fourth-order valence-electron chi connectivity index (χ4n) is 2.51. The summed E-state index contributed by atoms with van der Waals surface area (Å²) < 4.78 is 7.56. The second kappa shape index (κ2) is 6.51. The average molecular weight is 307 g/mol. The van der Waals surface area contributed by atoms with Crippen molar-refractivity contribution in [3.63, 3.8) is 0 Å². The lowest BCUT2D eigenvalue weighted by Gasteiger charge is -2.14. The predicted octanol–water partition coefficient (Wildman–Crippen LogP) is 2.66. The summed E-state index contributed by atoms with van der Waals surface area (Å²) in [7, 11) is 0. The number of fused-ring (bicyclic) bond motifs is 1. The van der Waals surface area contributed by atoms with Crippen LogP contribution in [0.1, 0.15) is 11.4 Å². The first-order chi connectivity index (χ1) is 11.2. The Kier molecular flexibility index (Phi) is 4.26. The molecule has 1 atom stereocenters. The number of aliphatic hydroxyl groups excluding tert-OH is 1. The van der Waals surface area contributed by atoms with Gasteiger partial charge in [-0.3, -0.25) is 0 Å². The Hall–Kier alpha value is -2.84. The van der Waals surface area contributed by atoms with Gasteiger partial charge in [-0.1, -0.05) is 12.1 Å². The van der Waals surface area contributed by atoms with Gasteiger partial charge in [-0.2, -0.15) is 5.26 Å². The van der Waals surface area contributed by atoms with Crippen molar-refractivity contribution in [1.82, 2.24) is 9.55 Å². The van der Waals surface area contributed by atoms with Crippen molar-refractivity contribution in [1.29, 1.82) is 5.26 Å². The van der Waals surface area contributed by atoms with Crippen LogP contribution in [0, 0.1) is 18.3 Å². The van der Waals surface area contributed by atoms with E-state index in [2.05, 4.69) is 11.1 Å². The molecule has 2 aromatic carbocycles. The normalized spacial score (nSPS) is 12.0. The number of ether oxygens (including phenoxy) is 1. The molecule has 116 valence electrons. The van der Waals surface area contributed by atoms with Gasteiger partial charge in [0.1, 0.15) is 24.3 Å². The number of aryl methyl sites for hydroxylation is 1. The summed E-state index contributed by atoms with van der Waals surface area (Å²) in [4.78, 5) is 4.48. The molecule has 0 fully saturated rings. The summed E-state index contributed by atoms with van der Waals surface area (Å²) >= 11 is 0. The maximum absolute atomic E-state index is 10.2. The summed E-state index contributed by atoms with van der Waals surface area (Å²) in [5.41, 5.74) is 2.51. The molecule has 0 amide bonds. The molecule has 0 spiro atoms. The van der Waals surface area contributed by atoms with Crippen molar-refractivity contribution in [2.45, 2.75) is 19.6 Å². The van der Waals surface area contributed by atoms with Crippen LogP contribution >= 0.6 is 0 Å². The second-order valence-electron chi connectivity index (χ2n) is 5.36. The van der Waals surface area contributed by atoms with Crippen LogP contribution in [0.15, 0.2) is 48.5 Å². The molecular weight excluding hydrogens is 290 g/mol. The topological polar surface area (TPSA) is 71.1 Å². The van der Waals surface area contributed by atoms with E-state index in [0.717, 1.165) is 16.9 Å². The number of imidazole rings is 1. The van der Waals surface area contributed by atoms with Gasteiger partial charge >= 0.3 is 0 Å². The molecule has 1 aromatic heterocycles. The zero-order valence-corrected chi connectivity index (χ0v) is 12.8. The fraction of sp³-hybridized carbons (Fsp3) is 0.222. The summed E-state index contributed by atoms with van der Waals surface area (Å²) in [6.07, 6.45) is -0.651. The molecule has 0 bridgehead atoms. The highest BCUT2D eigenvalue weighted by molar-refractivity contribution is 5.75. The number of aromatic nitrogens is 2. The van der Waals surface area contributed by atoms with Crippen LogP contribution in [-0.2, 0) is 6.54 Å².